The summed E-state index contributed by atoms with van der Waals surface area (Å²) < 4.78 is 10.9. The van der Waals surface area contributed by atoms with Gasteiger partial charge in [-0.25, -0.2) is 0 Å². The number of para-hydroxylation sites is 1. The Morgan fingerprint density at radius 3 is 2.91 bits per heavy atom. The molecule has 22 heavy (non-hydrogen) atoms. The highest BCUT2D eigenvalue weighted by Gasteiger charge is 2.67. The molecule has 1 aromatic carbocycles. The summed E-state index contributed by atoms with van der Waals surface area (Å²) in [5.74, 6) is -1.47. The lowest BCUT2D eigenvalue weighted by atomic mass is 9.77. The molecular weight excluding hydrogens is 282 g/mol. The van der Waals surface area contributed by atoms with Crippen molar-refractivity contribution < 1.29 is 19.1 Å². The van der Waals surface area contributed by atoms with Crippen molar-refractivity contribution in [2.45, 2.75) is 18.6 Å². The second-order valence-electron chi connectivity index (χ2n) is 6.13. The van der Waals surface area contributed by atoms with Crippen LogP contribution in [0.5, 0.6) is 0 Å². The molecule has 2 fully saturated rings. The summed E-state index contributed by atoms with van der Waals surface area (Å²) in [4.78, 5) is 26.8. The van der Waals surface area contributed by atoms with Crippen LogP contribution >= 0.6 is 0 Å². The molecule has 0 saturated carbocycles. The van der Waals surface area contributed by atoms with Gasteiger partial charge in [0.1, 0.15) is 11.5 Å². The van der Waals surface area contributed by atoms with Crippen LogP contribution in [0.1, 0.15) is 5.56 Å². The normalized spacial score (nSPS) is 35.1. The number of amides is 1. The number of carbonyl (C=O) groups excluding carboxylic acids is 2. The Bertz CT molecular complexity index is 698. The van der Waals surface area contributed by atoms with Gasteiger partial charge in [-0.05, 0) is 18.6 Å². The molecule has 5 nitrogen and oxygen atoms in total. The quantitative estimate of drug-likeness (QED) is 0.613. The maximum Gasteiger partial charge on any atom is 0.312 e. The smallest absolute Gasteiger partial charge is 0.312 e. The average Bonchev–Trinajstić information content (AvgIpc) is 3.15. The van der Waals surface area contributed by atoms with Crippen molar-refractivity contribution in [3.05, 3.63) is 42.0 Å². The van der Waals surface area contributed by atoms with E-state index in [0.29, 0.717) is 6.54 Å². The van der Waals surface area contributed by atoms with Crippen molar-refractivity contribution >= 4 is 17.6 Å². The SMILES string of the molecule is COC(=O)[C@@H]1[C@@H]2C=C[C@]3(CN(c4ccccc4C)C(=O)[C@@H]13)O2. The highest BCUT2D eigenvalue weighted by Crippen LogP contribution is 2.53. The number of aryl methyl sites for hydroxylation is 1. The van der Waals surface area contributed by atoms with E-state index < -0.39 is 17.4 Å². The minimum absolute atomic E-state index is 0.0587. The minimum atomic E-state index is -0.692. The first kappa shape index (κ1) is 13.5. The van der Waals surface area contributed by atoms with E-state index in [1.165, 1.54) is 7.11 Å². The molecule has 0 radical (unpaired) electrons. The molecule has 1 aromatic rings. The number of hydrogen-bond donors (Lipinski definition) is 0. The number of hydrogen-bond acceptors (Lipinski definition) is 4. The Labute approximate surface area is 128 Å². The molecule has 4 rings (SSSR count). The number of nitrogens with zero attached hydrogens (tertiary/aromatic N) is 1. The highest BCUT2D eigenvalue weighted by atomic mass is 16.5. The molecule has 0 aromatic heterocycles. The zero-order valence-electron chi connectivity index (χ0n) is 12.5. The van der Waals surface area contributed by atoms with Gasteiger partial charge in [0.05, 0.1) is 25.7 Å². The maximum atomic E-state index is 13.0. The van der Waals surface area contributed by atoms with Crippen LogP contribution in [0.4, 0.5) is 5.69 Å². The summed E-state index contributed by atoms with van der Waals surface area (Å²) in [6.45, 7) is 2.42. The van der Waals surface area contributed by atoms with E-state index in [1.54, 1.807) is 4.90 Å². The first-order chi connectivity index (χ1) is 10.6. The minimum Gasteiger partial charge on any atom is -0.469 e. The predicted octanol–water partition coefficient (Wildman–Crippen LogP) is 1.45. The van der Waals surface area contributed by atoms with Crippen LogP contribution in [-0.4, -0.2) is 37.2 Å². The molecule has 4 atom stereocenters. The van der Waals surface area contributed by atoms with E-state index in [-0.39, 0.29) is 18.0 Å². The van der Waals surface area contributed by atoms with E-state index in [4.69, 9.17) is 9.47 Å². The van der Waals surface area contributed by atoms with Crippen LogP contribution in [-0.2, 0) is 19.1 Å². The van der Waals surface area contributed by atoms with E-state index in [9.17, 15) is 9.59 Å². The van der Waals surface area contributed by atoms with Crippen molar-refractivity contribution in [2.24, 2.45) is 11.8 Å². The Kier molecular flexibility index (Phi) is 2.72. The van der Waals surface area contributed by atoms with Crippen LogP contribution in [0.25, 0.3) is 0 Å². The van der Waals surface area contributed by atoms with Gasteiger partial charge in [0.2, 0.25) is 5.91 Å². The number of anilines is 1. The summed E-state index contributed by atoms with van der Waals surface area (Å²) in [7, 11) is 1.35. The summed E-state index contributed by atoms with van der Waals surface area (Å²) in [6.07, 6.45) is 3.48. The zero-order chi connectivity index (χ0) is 15.5. The van der Waals surface area contributed by atoms with E-state index >= 15 is 0 Å². The van der Waals surface area contributed by atoms with Gasteiger partial charge in [-0.3, -0.25) is 9.59 Å². The van der Waals surface area contributed by atoms with Crippen molar-refractivity contribution in [1.29, 1.82) is 0 Å². The van der Waals surface area contributed by atoms with Crippen LogP contribution in [0.15, 0.2) is 36.4 Å². The molecule has 1 spiro atoms. The van der Waals surface area contributed by atoms with Crippen molar-refractivity contribution in [3.63, 3.8) is 0 Å². The topological polar surface area (TPSA) is 55.8 Å². The molecule has 5 heteroatoms. The standard InChI is InChI=1S/C17H17NO4/c1-10-5-3-4-6-11(10)18-9-17-8-7-12(22-17)13(16(20)21-2)14(17)15(18)19/h3-8,12-14H,9H2,1-2H3/t12-,13+,14+,17+/m0/s1. The molecule has 114 valence electrons. The first-order valence-corrected chi connectivity index (χ1v) is 7.39. The second kappa shape index (κ2) is 4.43. The number of benzene rings is 1. The third-order valence-corrected chi connectivity index (χ3v) is 4.98. The van der Waals surface area contributed by atoms with Crippen LogP contribution in [0.2, 0.25) is 0 Å². The van der Waals surface area contributed by atoms with Gasteiger partial charge in [0.15, 0.2) is 0 Å². The maximum absolute atomic E-state index is 13.0. The molecule has 0 aliphatic carbocycles. The fourth-order valence-electron chi connectivity index (χ4n) is 3.97. The fourth-order valence-corrected chi connectivity index (χ4v) is 3.97. The van der Waals surface area contributed by atoms with Crippen molar-refractivity contribution in [2.75, 3.05) is 18.6 Å². The second-order valence-corrected chi connectivity index (χ2v) is 6.13. The molecular formula is C17H17NO4. The number of fused-ring (bicyclic) bond motifs is 1. The summed E-state index contributed by atoms with van der Waals surface area (Å²) >= 11 is 0. The number of methoxy groups -OCH3 is 1. The molecule has 2 saturated heterocycles. The van der Waals surface area contributed by atoms with Gasteiger partial charge in [-0.15, -0.1) is 0 Å². The van der Waals surface area contributed by atoms with Crippen LogP contribution in [0, 0.1) is 18.8 Å². The lowest BCUT2D eigenvalue weighted by molar-refractivity contribution is -0.149. The Hall–Kier alpha value is -2.14. The molecule has 0 N–H and O–H groups in total. The molecule has 3 aliphatic heterocycles. The zero-order valence-corrected chi connectivity index (χ0v) is 12.5. The third-order valence-electron chi connectivity index (χ3n) is 4.98. The monoisotopic (exact) mass is 299 g/mol. The van der Waals surface area contributed by atoms with Gasteiger partial charge >= 0.3 is 5.97 Å². The summed E-state index contributed by atoms with van der Waals surface area (Å²) in [5, 5.41) is 0. The van der Waals surface area contributed by atoms with Gasteiger partial charge < -0.3 is 14.4 Å². The highest BCUT2D eigenvalue weighted by molar-refractivity contribution is 6.03. The number of carbonyl (C=O) groups is 2. The van der Waals surface area contributed by atoms with Crippen LogP contribution in [0.3, 0.4) is 0 Å². The Balaban J connectivity index is 1.75. The number of esters is 1. The van der Waals surface area contributed by atoms with E-state index in [2.05, 4.69) is 0 Å². The van der Waals surface area contributed by atoms with E-state index in [0.717, 1.165) is 11.3 Å². The van der Waals surface area contributed by atoms with Crippen molar-refractivity contribution in [3.8, 4) is 0 Å². The van der Waals surface area contributed by atoms with E-state index in [1.807, 2.05) is 43.3 Å². The van der Waals surface area contributed by atoms with Gasteiger partial charge in [-0.1, -0.05) is 30.4 Å². The summed E-state index contributed by atoms with van der Waals surface area (Å²) in [5.41, 5.74) is 1.21. The Morgan fingerprint density at radius 1 is 1.41 bits per heavy atom. The third kappa shape index (κ3) is 1.57. The predicted molar refractivity (Wildman–Crippen MR) is 79.3 cm³/mol. The molecule has 3 heterocycles. The fraction of sp³-hybridized carbons (Fsp3) is 0.412. The molecule has 3 aliphatic rings. The molecule has 0 unspecified atom stereocenters. The van der Waals surface area contributed by atoms with Gasteiger partial charge in [0, 0.05) is 5.69 Å². The summed E-state index contributed by atoms with van der Waals surface area (Å²) in [6, 6.07) is 7.75. The largest absolute Gasteiger partial charge is 0.469 e. The average molecular weight is 299 g/mol. The van der Waals surface area contributed by atoms with Crippen LogP contribution < -0.4 is 4.90 Å². The molecule has 1 amide bonds. The Morgan fingerprint density at radius 2 is 2.18 bits per heavy atom. The lowest BCUT2D eigenvalue weighted by Gasteiger charge is -2.22. The van der Waals surface area contributed by atoms with Crippen molar-refractivity contribution in [1.82, 2.24) is 0 Å². The lowest BCUT2D eigenvalue weighted by Crippen LogP contribution is -2.39. The number of ether oxygens (including phenoxy) is 2. The number of rotatable bonds is 2. The first-order valence-electron chi connectivity index (χ1n) is 7.39. The van der Waals surface area contributed by atoms with Gasteiger partial charge in [-0.2, -0.15) is 0 Å². The molecule has 2 bridgehead atoms. The van der Waals surface area contributed by atoms with Gasteiger partial charge in [0.25, 0.3) is 0 Å².